The lowest BCUT2D eigenvalue weighted by Gasteiger charge is -2.58. The fraction of sp³-hybridized carbons (Fsp3) is 0.571. The van der Waals surface area contributed by atoms with Crippen molar-refractivity contribution in [1.82, 2.24) is 9.29 Å². The van der Waals surface area contributed by atoms with Crippen LogP contribution in [0.2, 0.25) is 0 Å². The Morgan fingerprint density at radius 2 is 1.78 bits per heavy atom. The summed E-state index contributed by atoms with van der Waals surface area (Å²) in [6.45, 7) is 7.22. The minimum Gasteiger partial charge on any atom is -0.481 e. The Balaban J connectivity index is 1.02. The van der Waals surface area contributed by atoms with Crippen molar-refractivity contribution < 1.29 is 33.1 Å². The van der Waals surface area contributed by atoms with Gasteiger partial charge < -0.3 is 15.5 Å². The number of nitrogens with zero attached hydrogens (tertiary/aromatic N) is 2. The summed E-state index contributed by atoms with van der Waals surface area (Å²) in [5.74, 6) is 1.56. The summed E-state index contributed by atoms with van der Waals surface area (Å²) < 4.78 is 28.6. The normalized spacial score (nSPS) is 30.4. The molecule has 54 heavy (non-hydrogen) atoms. The lowest BCUT2D eigenvalue weighted by atomic mass is 9.47. The van der Waals surface area contributed by atoms with Gasteiger partial charge in [0.25, 0.3) is 15.7 Å². The van der Waals surface area contributed by atoms with E-state index in [0.29, 0.717) is 52.5 Å². The second-order valence-electron chi connectivity index (χ2n) is 17.2. The number of allylic oxidation sites excluding steroid dienone is 1. The molecule has 0 spiro atoms. The lowest BCUT2D eigenvalue weighted by Crippen LogP contribution is -2.50. The van der Waals surface area contributed by atoms with Crippen LogP contribution < -0.4 is 5.32 Å². The van der Waals surface area contributed by atoms with Crippen LogP contribution in [0.1, 0.15) is 97.0 Å². The Bertz CT molecular complexity index is 2080. The maximum atomic E-state index is 13.7. The lowest BCUT2D eigenvalue weighted by molar-refractivity contribution is -0.384. The summed E-state index contributed by atoms with van der Waals surface area (Å²) in [4.78, 5) is 35.9. The fourth-order valence-electron chi connectivity index (χ4n) is 11.6. The van der Waals surface area contributed by atoms with E-state index in [9.17, 15) is 38.3 Å². The molecule has 4 aliphatic rings. The zero-order chi connectivity index (χ0) is 38.6. The van der Waals surface area contributed by atoms with E-state index in [-0.39, 0.29) is 52.7 Å². The maximum absolute atomic E-state index is 13.7. The molecule has 9 atom stereocenters. The first-order valence-corrected chi connectivity index (χ1v) is 21.0. The molecule has 2 aromatic carbocycles. The number of nitrogens with one attached hydrogen (secondary N) is 1. The topological polar surface area (TPSA) is 169 Å². The predicted molar refractivity (Wildman–Crippen MR) is 205 cm³/mol. The van der Waals surface area contributed by atoms with E-state index in [4.69, 9.17) is 0 Å². The van der Waals surface area contributed by atoms with Gasteiger partial charge in [0.2, 0.25) is 5.91 Å². The molecule has 1 heterocycles. The number of aromatic nitrogens is 1. The molecular weight excluding hydrogens is 707 g/mol. The number of nitro benzene ring substituents is 1. The second-order valence-corrected chi connectivity index (χ2v) is 19.0. The van der Waals surface area contributed by atoms with Crippen LogP contribution in [0.4, 0.5) is 5.69 Å². The zero-order valence-corrected chi connectivity index (χ0v) is 32.3. The smallest absolute Gasteiger partial charge is 0.305 e. The summed E-state index contributed by atoms with van der Waals surface area (Å²) in [5.41, 5.74) is 2.64. The molecule has 0 unspecified atom stereocenters. The third kappa shape index (κ3) is 6.89. The first-order chi connectivity index (χ1) is 25.6. The van der Waals surface area contributed by atoms with Crippen molar-refractivity contribution in [1.29, 1.82) is 0 Å². The van der Waals surface area contributed by atoms with Crippen molar-refractivity contribution in [3.63, 3.8) is 0 Å². The molecule has 7 rings (SSSR count). The molecule has 3 N–H and O–H groups in total. The van der Waals surface area contributed by atoms with Crippen molar-refractivity contribution in [3.05, 3.63) is 82.1 Å². The quantitative estimate of drug-likeness (QED) is 0.0962. The minimum atomic E-state index is -4.15. The van der Waals surface area contributed by atoms with Crippen LogP contribution in [0.3, 0.4) is 0 Å². The number of benzene rings is 2. The molecule has 0 aliphatic heterocycles. The van der Waals surface area contributed by atoms with Gasteiger partial charge in [-0.2, -0.15) is 0 Å². The van der Waals surface area contributed by atoms with Crippen molar-refractivity contribution in [3.8, 4) is 0 Å². The van der Waals surface area contributed by atoms with Crippen LogP contribution >= 0.6 is 0 Å². The molecule has 0 radical (unpaired) electrons. The van der Waals surface area contributed by atoms with E-state index in [1.807, 2.05) is 0 Å². The largest absolute Gasteiger partial charge is 0.481 e. The van der Waals surface area contributed by atoms with Gasteiger partial charge in [-0.15, -0.1) is 0 Å². The third-order valence-electron chi connectivity index (χ3n) is 14.3. The standard InChI is InChI=1S/C42H53N3O8S/c1-26(35-15-16-36-34-14-9-28-23-31(46)18-20-41(28,2)37(34)19-21-42(35,36)3)8-17-39(47)43-29(24-40(48)49)22-27-25-44(38-7-5-4-6-33(27)38)54(52,53)32-12-10-30(11-13-32)45(50)51/h4-7,9-13,25-26,29,31,34-37,46H,8,14-24H2,1-3H3,(H,43,47)(H,48,49)/t26-,29+,31+,34+,35-,36+,37+,41+,42-/m1/s1. The fourth-order valence-corrected chi connectivity index (χ4v) is 13.0. The van der Waals surface area contributed by atoms with E-state index in [2.05, 4.69) is 32.2 Å². The number of fused-ring (bicyclic) bond motifs is 6. The number of carboxylic acid groups (broad SMARTS) is 1. The number of para-hydroxylation sites is 1. The summed E-state index contributed by atoms with van der Waals surface area (Å²) in [6.07, 6.45) is 13.2. The van der Waals surface area contributed by atoms with Crippen LogP contribution in [0, 0.1) is 50.5 Å². The highest BCUT2D eigenvalue weighted by Crippen LogP contribution is 2.67. The number of aliphatic carboxylic acids is 1. The van der Waals surface area contributed by atoms with Gasteiger partial charge in [0.05, 0.1) is 27.9 Å². The number of aliphatic hydroxyl groups excluding tert-OH is 1. The molecule has 11 nitrogen and oxygen atoms in total. The molecule has 3 aromatic rings. The molecule has 3 fully saturated rings. The molecule has 0 bridgehead atoms. The van der Waals surface area contributed by atoms with Crippen LogP contribution in [-0.2, 0) is 26.0 Å². The number of non-ortho nitro benzene ring substituents is 1. The Morgan fingerprint density at radius 3 is 2.50 bits per heavy atom. The van der Waals surface area contributed by atoms with Gasteiger partial charge in [0.15, 0.2) is 0 Å². The van der Waals surface area contributed by atoms with Crippen LogP contribution in [0.5, 0.6) is 0 Å². The van der Waals surface area contributed by atoms with Gasteiger partial charge >= 0.3 is 5.97 Å². The van der Waals surface area contributed by atoms with Crippen molar-refractivity contribution >= 4 is 38.5 Å². The highest BCUT2D eigenvalue weighted by atomic mass is 32.2. The number of hydrogen-bond donors (Lipinski definition) is 3. The van der Waals surface area contributed by atoms with Gasteiger partial charge in [-0.05, 0) is 128 Å². The first kappa shape index (κ1) is 38.3. The Hall–Kier alpha value is -4.03. The van der Waals surface area contributed by atoms with Gasteiger partial charge in [0.1, 0.15) is 0 Å². The number of carbonyl (C=O) groups is 2. The molecular formula is C42H53N3O8S. The summed E-state index contributed by atoms with van der Waals surface area (Å²) in [7, 11) is -4.15. The monoisotopic (exact) mass is 759 g/mol. The third-order valence-corrected chi connectivity index (χ3v) is 16.0. The molecule has 1 aromatic heterocycles. The number of hydrogen-bond acceptors (Lipinski definition) is 7. The molecule has 3 saturated carbocycles. The average molecular weight is 760 g/mol. The first-order valence-electron chi connectivity index (χ1n) is 19.6. The van der Waals surface area contributed by atoms with E-state index in [1.54, 1.807) is 24.3 Å². The Labute approximate surface area is 317 Å². The average Bonchev–Trinajstić information content (AvgIpc) is 3.69. The molecule has 4 aliphatic carbocycles. The number of amides is 1. The van der Waals surface area contributed by atoms with E-state index in [1.165, 1.54) is 43.2 Å². The number of aliphatic hydroxyl groups is 1. The van der Waals surface area contributed by atoms with Crippen molar-refractivity contribution in [2.45, 2.75) is 115 Å². The van der Waals surface area contributed by atoms with E-state index >= 15 is 0 Å². The predicted octanol–water partition coefficient (Wildman–Crippen LogP) is 7.64. The summed E-state index contributed by atoms with van der Waals surface area (Å²) in [6, 6.07) is 10.8. The summed E-state index contributed by atoms with van der Waals surface area (Å²) in [5, 5.41) is 34.9. The van der Waals surface area contributed by atoms with E-state index < -0.39 is 27.0 Å². The Morgan fingerprint density at radius 1 is 1.04 bits per heavy atom. The second kappa shape index (κ2) is 14.6. The minimum absolute atomic E-state index is 0.107. The number of carboxylic acids is 1. The highest BCUT2D eigenvalue weighted by molar-refractivity contribution is 7.90. The van der Waals surface area contributed by atoms with Gasteiger partial charge in [-0.1, -0.05) is 50.6 Å². The SMILES string of the molecule is C[C@H](CCC(=O)N[C@H](CC(=O)O)Cc1cn(S(=O)(=O)c2ccc([N+](=O)[O-])cc2)c2ccccc12)[C@H]1CC[C@H]2[C@@H]3CC=C4C[C@@H](O)CC[C@]4(C)[C@H]3CC[C@]12C. The van der Waals surface area contributed by atoms with Crippen LogP contribution in [0.25, 0.3) is 10.9 Å². The zero-order valence-electron chi connectivity index (χ0n) is 31.4. The van der Waals surface area contributed by atoms with Crippen LogP contribution in [0.15, 0.2) is 71.3 Å². The molecule has 1 amide bonds. The number of carbonyl (C=O) groups excluding carboxylic acids is 1. The summed E-state index contributed by atoms with van der Waals surface area (Å²) >= 11 is 0. The molecule has 0 saturated heterocycles. The van der Waals surface area contributed by atoms with Gasteiger partial charge in [0, 0.05) is 36.2 Å². The molecule has 290 valence electrons. The van der Waals surface area contributed by atoms with E-state index in [0.717, 1.165) is 48.2 Å². The number of rotatable bonds is 12. The molecule has 12 heteroatoms. The van der Waals surface area contributed by atoms with Crippen molar-refractivity contribution in [2.24, 2.45) is 40.4 Å². The highest BCUT2D eigenvalue weighted by Gasteiger charge is 2.59. The van der Waals surface area contributed by atoms with Gasteiger partial charge in [-0.3, -0.25) is 19.7 Å². The van der Waals surface area contributed by atoms with Crippen molar-refractivity contribution in [2.75, 3.05) is 0 Å². The Kier molecular flexibility index (Phi) is 10.3. The maximum Gasteiger partial charge on any atom is 0.305 e. The van der Waals surface area contributed by atoms with Crippen LogP contribution in [-0.4, -0.2) is 51.5 Å². The number of nitro groups is 1. The van der Waals surface area contributed by atoms with Gasteiger partial charge in [-0.25, -0.2) is 12.4 Å².